The average molecular weight is 321 g/mol. The van der Waals surface area contributed by atoms with E-state index in [4.69, 9.17) is 4.74 Å². The number of sulfonamides is 1. The van der Waals surface area contributed by atoms with E-state index in [2.05, 4.69) is 10.2 Å². The van der Waals surface area contributed by atoms with E-state index in [1.165, 1.54) is 4.31 Å². The lowest BCUT2D eigenvalue weighted by Gasteiger charge is -2.32. The number of amides is 1. The predicted octanol–water partition coefficient (Wildman–Crippen LogP) is -0.505. The zero-order valence-electron chi connectivity index (χ0n) is 13.4. The Bertz CT molecular complexity index is 439. The van der Waals surface area contributed by atoms with E-state index >= 15 is 0 Å². The molecule has 0 aliphatic carbocycles. The minimum atomic E-state index is -3.42. The molecule has 1 heterocycles. The second kappa shape index (κ2) is 7.53. The molecule has 0 aromatic carbocycles. The fourth-order valence-electron chi connectivity index (χ4n) is 2.22. The number of carbonyl (C=O) groups excluding carboxylic acids is 1. The number of morpholine rings is 1. The molecule has 1 saturated heterocycles. The lowest BCUT2D eigenvalue weighted by molar-refractivity contribution is -0.122. The molecule has 0 aromatic heterocycles. The molecule has 1 aliphatic rings. The Hall–Kier alpha value is -0.700. The molecule has 7 nitrogen and oxygen atoms in total. The third-order valence-electron chi connectivity index (χ3n) is 3.29. The number of hydrogen-bond acceptors (Lipinski definition) is 5. The van der Waals surface area contributed by atoms with Gasteiger partial charge < -0.3 is 10.1 Å². The van der Waals surface area contributed by atoms with Crippen molar-refractivity contribution in [3.8, 4) is 0 Å². The Morgan fingerprint density at radius 1 is 1.29 bits per heavy atom. The Balaban J connectivity index is 2.40. The average Bonchev–Trinajstić information content (AvgIpc) is 2.34. The minimum absolute atomic E-state index is 0.147. The highest BCUT2D eigenvalue weighted by Crippen LogP contribution is 2.16. The zero-order valence-corrected chi connectivity index (χ0v) is 14.2. The Labute approximate surface area is 127 Å². The van der Waals surface area contributed by atoms with Crippen LogP contribution in [0.3, 0.4) is 0 Å². The van der Waals surface area contributed by atoms with E-state index in [1.54, 1.807) is 20.8 Å². The van der Waals surface area contributed by atoms with Gasteiger partial charge >= 0.3 is 0 Å². The Morgan fingerprint density at radius 2 is 1.86 bits per heavy atom. The normalized spacial score (nSPS) is 18.0. The molecular formula is C13H27N3O4S. The summed E-state index contributed by atoms with van der Waals surface area (Å²) < 4.78 is 30.0. The minimum Gasteiger partial charge on any atom is -0.379 e. The van der Waals surface area contributed by atoms with Gasteiger partial charge in [-0.05, 0) is 20.8 Å². The summed E-state index contributed by atoms with van der Waals surface area (Å²) >= 11 is 0. The van der Waals surface area contributed by atoms with Gasteiger partial charge in [0.15, 0.2) is 0 Å². The van der Waals surface area contributed by atoms with Crippen LogP contribution in [0.5, 0.6) is 0 Å². The van der Waals surface area contributed by atoms with Gasteiger partial charge in [0.25, 0.3) is 0 Å². The molecule has 0 spiro atoms. The standard InChI is InChI=1S/C13H27N3O4S/c1-13(2,3)16(21(4,18)19)11-12(17)14-5-6-15-7-9-20-10-8-15/h5-11H2,1-4H3,(H,14,17). The van der Waals surface area contributed by atoms with Crippen molar-refractivity contribution in [1.82, 2.24) is 14.5 Å². The van der Waals surface area contributed by atoms with Crippen LogP contribution in [0.2, 0.25) is 0 Å². The molecule has 0 radical (unpaired) electrons. The second-order valence-electron chi connectivity index (χ2n) is 6.24. The first-order chi connectivity index (χ1) is 9.60. The quantitative estimate of drug-likeness (QED) is 0.713. The maximum Gasteiger partial charge on any atom is 0.235 e. The molecule has 1 rings (SSSR count). The fourth-order valence-corrected chi connectivity index (χ4v) is 3.56. The summed E-state index contributed by atoms with van der Waals surface area (Å²) in [6, 6.07) is 0. The highest BCUT2D eigenvalue weighted by atomic mass is 32.2. The SMILES string of the molecule is CC(C)(C)N(CC(=O)NCCN1CCOCC1)S(C)(=O)=O. The maximum atomic E-state index is 11.9. The smallest absolute Gasteiger partial charge is 0.235 e. The van der Waals surface area contributed by atoms with Crippen molar-refractivity contribution in [2.24, 2.45) is 0 Å². The van der Waals surface area contributed by atoms with Gasteiger partial charge in [-0.15, -0.1) is 0 Å². The van der Waals surface area contributed by atoms with Crippen molar-refractivity contribution in [1.29, 1.82) is 0 Å². The number of nitrogens with one attached hydrogen (secondary N) is 1. The first-order valence-electron chi connectivity index (χ1n) is 7.15. The van der Waals surface area contributed by atoms with Gasteiger partial charge in [-0.2, -0.15) is 4.31 Å². The first kappa shape index (κ1) is 18.3. The highest BCUT2D eigenvalue weighted by Gasteiger charge is 2.31. The van der Waals surface area contributed by atoms with Crippen LogP contribution in [0.1, 0.15) is 20.8 Å². The van der Waals surface area contributed by atoms with Gasteiger partial charge in [-0.3, -0.25) is 9.69 Å². The van der Waals surface area contributed by atoms with Crippen molar-refractivity contribution >= 4 is 15.9 Å². The van der Waals surface area contributed by atoms with Crippen LogP contribution >= 0.6 is 0 Å². The molecule has 1 amide bonds. The Kier molecular flexibility index (Phi) is 6.58. The number of hydrogen-bond donors (Lipinski definition) is 1. The van der Waals surface area contributed by atoms with Crippen LogP contribution in [0.4, 0.5) is 0 Å². The van der Waals surface area contributed by atoms with Crippen LogP contribution in [-0.2, 0) is 19.6 Å². The predicted molar refractivity (Wildman–Crippen MR) is 81.6 cm³/mol. The molecule has 0 aromatic rings. The Morgan fingerprint density at radius 3 is 2.33 bits per heavy atom. The van der Waals surface area contributed by atoms with Crippen molar-refractivity contribution in [3.05, 3.63) is 0 Å². The van der Waals surface area contributed by atoms with Crippen molar-refractivity contribution in [3.63, 3.8) is 0 Å². The summed E-state index contributed by atoms with van der Waals surface area (Å²) in [6.07, 6.45) is 1.12. The maximum absolute atomic E-state index is 11.9. The topological polar surface area (TPSA) is 79.0 Å². The van der Waals surface area contributed by atoms with E-state index in [1.807, 2.05) is 0 Å². The van der Waals surface area contributed by atoms with Crippen LogP contribution < -0.4 is 5.32 Å². The number of nitrogens with zero attached hydrogens (tertiary/aromatic N) is 2. The summed E-state index contributed by atoms with van der Waals surface area (Å²) in [5.41, 5.74) is -0.616. The van der Waals surface area contributed by atoms with Gasteiger partial charge in [0.2, 0.25) is 15.9 Å². The molecule has 124 valence electrons. The van der Waals surface area contributed by atoms with E-state index in [0.29, 0.717) is 6.54 Å². The summed E-state index contributed by atoms with van der Waals surface area (Å²) in [5, 5.41) is 2.78. The van der Waals surface area contributed by atoms with Crippen molar-refractivity contribution in [2.45, 2.75) is 26.3 Å². The first-order valence-corrected chi connectivity index (χ1v) is 9.00. The van der Waals surface area contributed by atoms with Crippen LogP contribution in [-0.4, -0.2) is 81.3 Å². The summed E-state index contributed by atoms with van der Waals surface area (Å²) in [6.45, 7) is 9.62. The van der Waals surface area contributed by atoms with E-state index in [0.717, 1.165) is 39.1 Å². The molecule has 0 atom stereocenters. The fraction of sp³-hybridized carbons (Fsp3) is 0.923. The van der Waals surface area contributed by atoms with E-state index in [-0.39, 0.29) is 12.5 Å². The molecule has 1 aliphatic heterocycles. The number of ether oxygens (including phenoxy) is 1. The highest BCUT2D eigenvalue weighted by molar-refractivity contribution is 7.88. The number of carbonyl (C=O) groups is 1. The summed E-state index contributed by atoms with van der Waals surface area (Å²) in [4.78, 5) is 14.1. The second-order valence-corrected chi connectivity index (χ2v) is 8.15. The monoisotopic (exact) mass is 321 g/mol. The number of rotatable bonds is 6. The molecule has 21 heavy (non-hydrogen) atoms. The largest absolute Gasteiger partial charge is 0.379 e. The summed E-state index contributed by atoms with van der Waals surface area (Å²) in [5.74, 6) is -0.274. The van der Waals surface area contributed by atoms with E-state index in [9.17, 15) is 13.2 Å². The van der Waals surface area contributed by atoms with E-state index < -0.39 is 15.6 Å². The molecule has 0 bridgehead atoms. The third kappa shape index (κ3) is 6.73. The lowest BCUT2D eigenvalue weighted by Crippen LogP contribution is -2.50. The molecule has 8 heteroatoms. The van der Waals surface area contributed by atoms with Crippen molar-refractivity contribution < 1.29 is 17.9 Å². The molecule has 1 fully saturated rings. The lowest BCUT2D eigenvalue weighted by atomic mass is 10.1. The van der Waals surface area contributed by atoms with Gasteiger partial charge in [0.05, 0.1) is 26.0 Å². The third-order valence-corrected chi connectivity index (χ3v) is 4.77. The van der Waals surface area contributed by atoms with Crippen LogP contribution in [0.25, 0.3) is 0 Å². The van der Waals surface area contributed by atoms with Crippen LogP contribution in [0.15, 0.2) is 0 Å². The van der Waals surface area contributed by atoms with Crippen LogP contribution in [0, 0.1) is 0 Å². The van der Waals surface area contributed by atoms with Crippen molar-refractivity contribution in [2.75, 3.05) is 52.2 Å². The molecule has 0 unspecified atom stereocenters. The summed E-state index contributed by atoms with van der Waals surface area (Å²) in [7, 11) is -3.42. The molecule has 0 saturated carbocycles. The van der Waals surface area contributed by atoms with Gasteiger partial charge in [0, 0.05) is 31.7 Å². The van der Waals surface area contributed by atoms with Gasteiger partial charge in [-0.25, -0.2) is 8.42 Å². The molecular weight excluding hydrogens is 294 g/mol. The van der Waals surface area contributed by atoms with Gasteiger partial charge in [-0.1, -0.05) is 0 Å². The molecule has 1 N–H and O–H groups in total. The van der Waals surface area contributed by atoms with Gasteiger partial charge in [0.1, 0.15) is 0 Å². The zero-order chi connectivity index (χ0) is 16.1.